The molecule has 0 fully saturated rings. The largest absolute Gasteiger partial charge is 0.494 e. The Morgan fingerprint density at radius 1 is 1.58 bits per heavy atom. The van der Waals surface area contributed by atoms with Crippen LogP contribution >= 0.6 is 0 Å². The molecule has 1 aliphatic heterocycles. The van der Waals surface area contributed by atoms with Gasteiger partial charge in [-0.3, -0.25) is 0 Å². The molecule has 2 rings (SSSR count). The second kappa shape index (κ2) is 5.30. The molecule has 0 spiro atoms. The molecule has 0 bridgehead atoms. The van der Waals surface area contributed by atoms with Crippen molar-refractivity contribution in [2.75, 3.05) is 5.73 Å². The molecule has 2 atom stereocenters. The van der Waals surface area contributed by atoms with Crippen molar-refractivity contribution in [2.24, 2.45) is 5.92 Å². The molecule has 1 aliphatic rings. The molecule has 2 heterocycles. The maximum absolute atomic E-state index is 11.0. The molecule has 102 valence electrons. The molecule has 19 heavy (non-hydrogen) atoms. The number of nitrogens with zero attached hydrogens (tertiary/aromatic N) is 1. The fourth-order valence-electron chi connectivity index (χ4n) is 2.29. The number of carboxylic acid groups (broad SMARTS) is 1. The Kier molecular flexibility index (Phi) is 3.74. The predicted molar refractivity (Wildman–Crippen MR) is 71.7 cm³/mol. The lowest BCUT2D eigenvalue weighted by atomic mass is 9.95. The van der Waals surface area contributed by atoms with Crippen LogP contribution in [-0.2, 0) is 4.74 Å². The monoisotopic (exact) mass is 262 g/mol. The van der Waals surface area contributed by atoms with Crippen molar-refractivity contribution >= 4 is 11.7 Å². The topological polar surface area (TPSA) is 85.4 Å². The number of anilines is 1. The highest BCUT2D eigenvalue weighted by molar-refractivity contribution is 5.91. The number of aromatic carboxylic acids is 1. The minimum Gasteiger partial charge on any atom is -0.494 e. The molecule has 1 aromatic rings. The van der Waals surface area contributed by atoms with Gasteiger partial charge in [0.25, 0.3) is 0 Å². The van der Waals surface area contributed by atoms with Gasteiger partial charge in [0, 0.05) is 11.3 Å². The van der Waals surface area contributed by atoms with Gasteiger partial charge in [-0.25, -0.2) is 9.78 Å². The van der Waals surface area contributed by atoms with Crippen molar-refractivity contribution in [3.05, 3.63) is 35.4 Å². The van der Waals surface area contributed by atoms with Crippen molar-refractivity contribution in [3.8, 4) is 0 Å². The fourth-order valence-corrected chi connectivity index (χ4v) is 2.29. The zero-order valence-electron chi connectivity index (χ0n) is 11.1. The summed E-state index contributed by atoms with van der Waals surface area (Å²) in [5.74, 6) is -0.606. The molecule has 0 saturated heterocycles. The minimum absolute atomic E-state index is 0.0986. The number of nitrogens with two attached hydrogens (primary N) is 1. The zero-order valence-corrected chi connectivity index (χ0v) is 11.1. The van der Waals surface area contributed by atoms with E-state index in [1.54, 1.807) is 19.3 Å². The number of hydrogen-bond acceptors (Lipinski definition) is 4. The average Bonchev–Trinajstić information content (AvgIpc) is 2.56. The Morgan fingerprint density at radius 2 is 2.32 bits per heavy atom. The summed E-state index contributed by atoms with van der Waals surface area (Å²) >= 11 is 0. The summed E-state index contributed by atoms with van der Waals surface area (Å²) < 4.78 is 5.67. The predicted octanol–water partition coefficient (Wildman–Crippen LogP) is 2.67. The number of hydrogen-bond donors (Lipinski definition) is 2. The molecule has 3 N–H and O–H groups in total. The number of ether oxygens (including phenoxy) is 1. The molecular weight excluding hydrogens is 244 g/mol. The van der Waals surface area contributed by atoms with Crippen molar-refractivity contribution in [1.29, 1.82) is 0 Å². The Labute approximate surface area is 112 Å². The van der Waals surface area contributed by atoms with E-state index in [0.717, 1.165) is 18.4 Å². The van der Waals surface area contributed by atoms with Gasteiger partial charge in [-0.2, -0.15) is 0 Å². The minimum atomic E-state index is -1.11. The van der Waals surface area contributed by atoms with Gasteiger partial charge < -0.3 is 15.6 Å². The standard InChI is InChI=1S/C14H18N2O3/c1-8-4-3-5-19-12(6-8)10-7-11(15)13(14(17)18)16-9(10)2/h3,5,7-8,12H,4,6,15H2,1-2H3,(H,17,18). The van der Waals surface area contributed by atoms with Gasteiger partial charge in [0.15, 0.2) is 5.69 Å². The van der Waals surface area contributed by atoms with Crippen LogP contribution in [0.2, 0.25) is 0 Å². The normalized spacial score (nSPS) is 22.6. The maximum atomic E-state index is 11.0. The van der Waals surface area contributed by atoms with E-state index in [0.29, 0.717) is 11.6 Å². The first kappa shape index (κ1) is 13.4. The summed E-state index contributed by atoms with van der Waals surface area (Å²) in [4.78, 5) is 15.1. The Morgan fingerprint density at radius 3 is 3.00 bits per heavy atom. The lowest BCUT2D eigenvalue weighted by Gasteiger charge is -2.20. The summed E-state index contributed by atoms with van der Waals surface area (Å²) in [5.41, 5.74) is 7.35. The van der Waals surface area contributed by atoms with Gasteiger partial charge in [0.2, 0.25) is 0 Å². The zero-order chi connectivity index (χ0) is 14.0. The molecule has 0 aromatic carbocycles. The van der Waals surface area contributed by atoms with E-state index in [2.05, 4.69) is 11.9 Å². The fraction of sp³-hybridized carbons (Fsp3) is 0.429. The van der Waals surface area contributed by atoms with Crippen molar-refractivity contribution < 1.29 is 14.6 Å². The molecule has 0 radical (unpaired) electrons. The third-order valence-electron chi connectivity index (χ3n) is 3.33. The maximum Gasteiger partial charge on any atom is 0.356 e. The number of pyridine rings is 1. The molecule has 5 nitrogen and oxygen atoms in total. The van der Waals surface area contributed by atoms with Crippen molar-refractivity contribution in [2.45, 2.75) is 32.8 Å². The number of carbonyl (C=O) groups is 1. The van der Waals surface area contributed by atoms with Crippen molar-refractivity contribution in [3.63, 3.8) is 0 Å². The second-order valence-corrected chi connectivity index (χ2v) is 4.98. The number of nitrogen functional groups attached to an aromatic ring is 1. The van der Waals surface area contributed by atoms with Gasteiger partial charge in [0.1, 0.15) is 6.10 Å². The smallest absolute Gasteiger partial charge is 0.356 e. The molecule has 2 unspecified atom stereocenters. The van der Waals surface area contributed by atoms with Crippen LogP contribution in [0, 0.1) is 12.8 Å². The highest BCUT2D eigenvalue weighted by Gasteiger charge is 2.22. The third-order valence-corrected chi connectivity index (χ3v) is 3.33. The second-order valence-electron chi connectivity index (χ2n) is 4.98. The number of rotatable bonds is 2. The number of allylic oxidation sites excluding steroid dienone is 1. The number of carboxylic acids is 1. The first-order valence-electron chi connectivity index (χ1n) is 6.29. The molecular formula is C14H18N2O3. The molecule has 0 saturated carbocycles. The van der Waals surface area contributed by atoms with E-state index in [1.807, 2.05) is 6.08 Å². The van der Waals surface area contributed by atoms with Gasteiger partial charge in [0.05, 0.1) is 11.9 Å². The van der Waals surface area contributed by atoms with Gasteiger partial charge in [-0.05, 0) is 37.8 Å². The van der Waals surface area contributed by atoms with E-state index in [4.69, 9.17) is 15.6 Å². The summed E-state index contributed by atoms with van der Waals surface area (Å²) in [6, 6.07) is 1.67. The molecule has 5 heteroatoms. The van der Waals surface area contributed by atoms with E-state index in [9.17, 15) is 4.79 Å². The van der Waals surface area contributed by atoms with Crippen LogP contribution in [0.25, 0.3) is 0 Å². The van der Waals surface area contributed by atoms with E-state index in [1.165, 1.54) is 0 Å². The van der Waals surface area contributed by atoms with Gasteiger partial charge in [-0.15, -0.1) is 0 Å². The summed E-state index contributed by atoms with van der Waals surface area (Å²) in [5, 5.41) is 8.99. The Balaban J connectivity index is 2.37. The van der Waals surface area contributed by atoms with Crippen LogP contribution in [0.4, 0.5) is 5.69 Å². The highest BCUT2D eigenvalue weighted by Crippen LogP contribution is 2.32. The number of aromatic nitrogens is 1. The SMILES string of the molecule is Cc1nc(C(=O)O)c(N)cc1C1CC(C)CC=CO1. The van der Waals surface area contributed by atoms with Crippen LogP contribution < -0.4 is 5.73 Å². The van der Waals surface area contributed by atoms with Crippen LogP contribution in [0.15, 0.2) is 18.4 Å². The average molecular weight is 262 g/mol. The van der Waals surface area contributed by atoms with Crippen LogP contribution in [0.1, 0.15) is 47.6 Å². The highest BCUT2D eigenvalue weighted by atomic mass is 16.5. The first-order chi connectivity index (χ1) is 8.99. The quantitative estimate of drug-likeness (QED) is 0.855. The third kappa shape index (κ3) is 2.86. The number of aryl methyl sites for hydroxylation is 1. The van der Waals surface area contributed by atoms with Gasteiger partial charge >= 0.3 is 5.97 Å². The molecule has 1 aromatic heterocycles. The molecule has 0 amide bonds. The summed E-state index contributed by atoms with van der Waals surface area (Å²) in [6.45, 7) is 3.94. The van der Waals surface area contributed by atoms with E-state index in [-0.39, 0.29) is 17.5 Å². The van der Waals surface area contributed by atoms with Crippen LogP contribution in [0.3, 0.4) is 0 Å². The lowest BCUT2D eigenvalue weighted by Crippen LogP contribution is -2.12. The molecule has 0 aliphatic carbocycles. The van der Waals surface area contributed by atoms with E-state index < -0.39 is 5.97 Å². The summed E-state index contributed by atoms with van der Waals surface area (Å²) in [6.07, 6.45) is 5.43. The first-order valence-corrected chi connectivity index (χ1v) is 6.29. The van der Waals surface area contributed by atoms with Crippen LogP contribution in [-0.4, -0.2) is 16.1 Å². The Hall–Kier alpha value is -2.04. The Bertz CT molecular complexity index is 526. The lowest BCUT2D eigenvalue weighted by molar-refractivity contribution is 0.0691. The van der Waals surface area contributed by atoms with Gasteiger partial charge in [-0.1, -0.05) is 6.92 Å². The van der Waals surface area contributed by atoms with Crippen LogP contribution in [0.5, 0.6) is 0 Å². The summed E-state index contributed by atoms with van der Waals surface area (Å²) in [7, 11) is 0. The van der Waals surface area contributed by atoms with E-state index >= 15 is 0 Å². The van der Waals surface area contributed by atoms with Crippen molar-refractivity contribution in [1.82, 2.24) is 4.98 Å².